The fraction of sp³-hybridized carbons (Fsp3) is 0.412. The molecule has 0 saturated carbocycles. The molecule has 0 fully saturated rings. The maximum Gasteiger partial charge on any atom is 0.187 e. The van der Waals surface area contributed by atoms with Gasteiger partial charge in [-0.1, -0.05) is 35.4 Å². The zero-order valence-electron chi connectivity index (χ0n) is 12.8. The SMILES string of the molecule is C=CC(C)(CCC=C(C)C)S(=O)(=O)c1ccc(C)cc1. The van der Waals surface area contributed by atoms with Crippen LogP contribution >= 0.6 is 0 Å². The summed E-state index contributed by atoms with van der Waals surface area (Å²) in [6.07, 6.45) is 4.89. The van der Waals surface area contributed by atoms with Crippen molar-refractivity contribution in [3.63, 3.8) is 0 Å². The third-order valence-corrected chi connectivity index (χ3v) is 6.06. The maximum absolute atomic E-state index is 12.8. The molecule has 1 unspecified atom stereocenters. The minimum Gasteiger partial charge on any atom is -0.223 e. The molecule has 110 valence electrons. The van der Waals surface area contributed by atoms with Gasteiger partial charge in [0, 0.05) is 0 Å². The predicted octanol–water partition coefficient (Wildman–Crippen LogP) is 4.46. The van der Waals surface area contributed by atoms with Gasteiger partial charge in [0.25, 0.3) is 0 Å². The first-order valence-electron chi connectivity index (χ1n) is 6.81. The van der Waals surface area contributed by atoms with E-state index in [0.29, 0.717) is 11.3 Å². The van der Waals surface area contributed by atoms with Crippen molar-refractivity contribution in [1.29, 1.82) is 0 Å². The molecule has 1 atom stereocenters. The number of hydrogen-bond donors (Lipinski definition) is 0. The molecule has 0 saturated heterocycles. The zero-order chi connectivity index (χ0) is 15.4. The Kier molecular flexibility index (Phi) is 5.35. The lowest BCUT2D eigenvalue weighted by atomic mass is 10.0. The molecule has 0 bridgehead atoms. The van der Waals surface area contributed by atoms with Crippen LogP contribution in [0.2, 0.25) is 0 Å². The average molecular weight is 292 g/mol. The highest BCUT2D eigenvalue weighted by Gasteiger charge is 2.36. The van der Waals surface area contributed by atoms with Gasteiger partial charge in [-0.15, -0.1) is 6.58 Å². The van der Waals surface area contributed by atoms with E-state index in [1.807, 2.05) is 32.9 Å². The number of rotatable bonds is 6. The number of aryl methyl sites for hydroxylation is 1. The molecule has 0 N–H and O–H groups in total. The van der Waals surface area contributed by atoms with Gasteiger partial charge in [-0.3, -0.25) is 0 Å². The Morgan fingerprint density at radius 1 is 1.25 bits per heavy atom. The van der Waals surface area contributed by atoms with Gasteiger partial charge in [-0.2, -0.15) is 0 Å². The standard InChI is InChI=1S/C17H24O2S/c1-6-17(5,13-7-8-14(2)3)20(18,19)16-11-9-15(4)10-12-16/h6,8-12H,1,7,13H2,2-5H3. The normalized spacial score (nSPS) is 14.4. The van der Waals surface area contributed by atoms with E-state index in [0.717, 1.165) is 12.0 Å². The zero-order valence-corrected chi connectivity index (χ0v) is 13.6. The van der Waals surface area contributed by atoms with Crippen molar-refractivity contribution in [1.82, 2.24) is 0 Å². The van der Waals surface area contributed by atoms with E-state index in [2.05, 4.69) is 12.7 Å². The average Bonchev–Trinajstić information content (AvgIpc) is 2.38. The van der Waals surface area contributed by atoms with Gasteiger partial charge in [0.05, 0.1) is 9.64 Å². The summed E-state index contributed by atoms with van der Waals surface area (Å²) in [5.41, 5.74) is 2.25. The first kappa shape index (κ1) is 16.7. The molecule has 0 aromatic heterocycles. The van der Waals surface area contributed by atoms with E-state index >= 15 is 0 Å². The molecule has 0 amide bonds. The highest BCUT2D eigenvalue weighted by molar-refractivity contribution is 7.93. The highest BCUT2D eigenvalue weighted by Crippen LogP contribution is 2.31. The predicted molar refractivity (Wildman–Crippen MR) is 85.6 cm³/mol. The van der Waals surface area contributed by atoms with E-state index in [4.69, 9.17) is 0 Å². The molecule has 0 aliphatic carbocycles. The van der Waals surface area contributed by atoms with Gasteiger partial charge in [-0.05, 0) is 52.7 Å². The van der Waals surface area contributed by atoms with Crippen LogP contribution in [-0.2, 0) is 9.84 Å². The minimum absolute atomic E-state index is 0.364. The quantitative estimate of drug-likeness (QED) is 0.725. The van der Waals surface area contributed by atoms with Crippen LogP contribution in [0.3, 0.4) is 0 Å². The van der Waals surface area contributed by atoms with Crippen LogP contribution in [0.15, 0.2) is 53.5 Å². The summed E-state index contributed by atoms with van der Waals surface area (Å²) in [4.78, 5) is 0.364. The summed E-state index contributed by atoms with van der Waals surface area (Å²) in [6, 6.07) is 7.00. The molecule has 0 aliphatic heterocycles. The van der Waals surface area contributed by atoms with Crippen LogP contribution in [0, 0.1) is 6.92 Å². The number of benzene rings is 1. The summed E-state index contributed by atoms with van der Waals surface area (Å²) < 4.78 is 24.6. The summed E-state index contributed by atoms with van der Waals surface area (Å²) in [6.45, 7) is 11.5. The van der Waals surface area contributed by atoms with Crippen molar-refractivity contribution in [3.8, 4) is 0 Å². The van der Waals surface area contributed by atoms with Crippen molar-refractivity contribution in [2.24, 2.45) is 0 Å². The van der Waals surface area contributed by atoms with Crippen molar-refractivity contribution < 1.29 is 8.42 Å². The smallest absolute Gasteiger partial charge is 0.187 e. The third kappa shape index (κ3) is 3.60. The molecular weight excluding hydrogens is 268 g/mol. The number of allylic oxidation sites excluding steroid dienone is 2. The molecular formula is C17H24O2S. The fourth-order valence-electron chi connectivity index (χ4n) is 1.98. The molecule has 1 aromatic rings. The summed E-state index contributed by atoms with van der Waals surface area (Å²) in [5, 5.41) is 0. The van der Waals surface area contributed by atoms with Crippen LogP contribution in [0.4, 0.5) is 0 Å². The van der Waals surface area contributed by atoms with Gasteiger partial charge >= 0.3 is 0 Å². The van der Waals surface area contributed by atoms with Crippen LogP contribution < -0.4 is 0 Å². The highest BCUT2D eigenvalue weighted by atomic mass is 32.2. The second kappa shape index (κ2) is 6.40. The Morgan fingerprint density at radius 3 is 2.25 bits per heavy atom. The van der Waals surface area contributed by atoms with E-state index in [1.54, 1.807) is 25.1 Å². The Morgan fingerprint density at radius 2 is 1.80 bits per heavy atom. The molecule has 1 rings (SSSR count). The van der Waals surface area contributed by atoms with Crippen LogP contribution in [0.25, 0.3) is 0 Å². The molecule has 0 spiro atoms. The fourth-order valence-corrected chi connectivity index (χ4v) is 3.62. The van der Waals surface area contributed by atoms with Crippen molar-refractivity contribution in [3.05, 3.63) is 54.1 Å². The Balaban J connectivity index is 3.11. The second-order valence-corrected chi connectivity index (χ2v) is 8.06. The Labute approximate surface area is 123 Å². The van der Waals surface area contributed by atoms with E-state index in [1.165, 1.54) is 5.57 Å². The van der Waals surface area contributed by atoms with Gasteiger partial charge in [0.2, 0.25) is 0 Å². The van der Waals surface area contributed by atoms with Crippen LogP contribution in [0.5, 0.6) is 0 Å². The van der Waals surface area contributed by atoms with E-state index < -0.39 is 14.6 Å². The largest absolute Gasteiger partial charge is 0.223 e. The molecule has 1 aromatic carbocycles. The van der Waals surface area contributed by atoms with Crippen molar-refractivity contribution >= 4 is 9.84 Å². The molecule has 0 heterocycles. The third-order valence-electron chi connectivity index (χ3n) is 3.57. The van der Waals surface area contributed by atoms with Gasteiger partial charge < -0.3 is 0 Å². The molecule has 2 nitrogen and oxygen atoms in total. The first-order chi connectivity index (χ1) is 9.23. The number of sulfone groups is 1. The summed E-state index contributed by atoms with van der Waals surface area (Å²) in [7, 11) is -3.41. The monoisotopic (exact) mass is 292 g/mol. The van der Waals surface area contributed by atoms with Crippen molar-refractivity contribution in [2.45, 2.75) is 50.2 Å². The second-order valence-electron chi connectivity index (χ2n) is 5.65. The molecule has 20 heavy (non-hydrogen) atoms. The van der Waals surface area contributed by atoms with Crippen molar-refractivity contribution in [2.75, 3.05) is 0 Å². The minimum atomic E-state index is -3.41. The summed E-state index contributed by atoms with van der Waals surface area (Å²) in [5.74, 6) is 0. The number of hydrogen-bond acceptors (Lipinski definition) is 2. The molecule has 3 heteroatoms. The van der Waals surface area contributed by atoms with E-state index in [-0.39, 0.29) is 0 Å². The maximum atomic E-state index is 12.8. The Bertz CT molecular complexity index is 590. The van der Waals surface area contributed by atoms with Gasteiger partial charge in [0.1, 0.15) is 0 Å². The topological polar surface area (TPSA) is 34.1 Å². The van der Waals surface area contributed by atoms with Crippen LogP contribution in [-0.4, -0.2) is 13.2 Å². The summed E-state index contributed by atoms with van der Waals surface area (Å²) >= 11 is 0. The Hall–Kier alpha value is -1.35. The van der Waals surface area contributed by atoms with Crippen LogP contribution in [0.1, 0.15) is 39.2 Å². The molecule has 0 aliphatic rings. The van der Waals surface area contributed by atoms with E-state index in [9.17, 15) is 8.42 Å². The van der Waals surface area contributed by atoms with Gasteiger partial charge in [0.15, 0.2) is 9.84 Å². The molecule has 0 radical (unpaired) electrons. The lowest BCUT2D eigenvalue weighted by Crippen LogP contribution is -2.33. The lowest BCUT2D eigenvalue weighted by Gasteiger charge is -2.25. The van der Waals surface area contributed by atoms with Gasteiger partial charge in [-0.25, -0.2) is 8.42 Å². The first-order valence-corrected chi connectivity index (χ1v) is 8.29. The lowest BCUT2D eigenvalue weighted by molar-refractivity contribution is 0.551.